The fourth-order valence-corrected chi connectivity index (χ4v) is 2.35. The monoisotopic (exact) mass is 337 g/mol. The van der Waals surface area contributed by atoms with Gasteiger partial charge in [0.05, 0.1) is 0 Å². The van der Waals surface area contributed by atoms with E-state index in [0.717, 1.165) is 12.8 Å². The van der Waals surface area contributed by atoms with Crippen LogP contribution in [0.2, 0.25) is 0 Å². The second-order valence-electron chi connectivity index (χ2n) is 5.43. The van der Waals surface area contributed by atoms with Gasteiger partial charge in [-0.15, -0.1) is 0 Å². The lowest BCUT2D eigenvalue weighted by Gasteiger charge is -2.17. The van der Waals surface area contributed by atoms with Crippen LogP contribution in [0.4, 0.5) is 19.0 Å². The summed E-state index contributed by atoms with van der Waals surface area (Å²) in [6.45, 7) is 2.55. The van der Waals surface area contributed by atoms with Crippen molar-refractivity contribution < 1.29 is 27.6 Å². The quantitative estimate of drug-likeness (QED) is 0.420. The van der Waals surface area contributed by atoms with Gasteiger partial charge in [0.25, 0.3) is 6.23 Å². The van der Waals surface area contributed by atoms with Crippen molar-refractivity contribution in [1.29, 1.82) is 0 Å². The summed E-state index contributed by atoms with van der Waals surface area (Å²) in [5.41, 5.74) is 4.12. The highest BCUT2D eigenvalue weighted by molar-refractivity contribution is 5.24. The van der Waals surface area contributed by atoms with Crippen molar-refractivity contribution in [2.24, 2.45) is 0 Å². The van der Waals surface area contributed by atoms with Crippen LogP contribution in [0.5, 0.6) is 0 Å². The molecule has 0 saturated carbocycles. The summed E-state index contributed by atoms with van der Waals surface area (Å²) in [6, 6.07) is 0. The Labute approximate surface area is 130 Å². The molecule has 0 amide bonds. The largest absolute Gasteiger partial charge is 0.499 e. The number of hydrogen-bond acceptors (Lipinski definition) is 5. The van der Waals surface area contributed by atoms with Crippen molar-refractivity contribution in [3.8, 4) is 0 Å². The standard InChI is InChI=1S/C13H19F3N4O3/c1-2-3-4-18-5-8-9(21)13(15,16)11(23-8)20-6-7(14)10(17)19-12(20)22/h6,8-9,11,18,21H,2-5H2,1H3,(H2,17,19,22)/p+1. The molecule has 1 fully saturated rings. The van der Waals surface area contributed by atoms with Crippen LogP contribution >= 0.6 is 0 Å². The van der Waals surface area contributed by atoms with Gasteiger partial charge in [0.2, 0.25) is 11.6 Å². The zero-order valence-electron chi connectivity index (χ0n) is 12.6. The highest BCUT2D eigenvalue weighted by Crippen LogP contribution is 2.39. The molecule has 1 aliphatic heterocycles. The lowest BCUT2D eigenvalue weighted by Crippen LogP contribution is -2.60. The number of nitrogens with zero attached hydrogens (tertiary/aromatic N) is 1. The zero-order chi connectivity index (χ0) is 17.2. The van der Waals surface area contributed by atoms with Gasteiger partial charge >= 0.3 is 11.6 Å². The van der Waals surface area contributed by atoms with E-state index in [2.05, 4.69) is 5.32 Å². The van der Waals surface area contributed by atoms with Crippen LogP contribution in [0.1, 0.15) is 26.0 Å². The summed E-state index contributed by atoms with van der Waals surface area (Å²) in [6.07, 6.45) is -3.15. The number of nitrogen functional groups attached to an aromatic ring is 1. The molecule has 7 nitrogen and oxygen atoms in total. The van der Waals surface area contributed by atoms with E-state index < -0.39 is 41.7 Å². The third-order valence-corrected chi connectivity index (χ3v) is 3.67. The number of aromatic nitrogens is 2. The summed E-state index contributed by atoms with van der Waals surface area (Å²) >= 11 is 0. The van der Waals surface area contributed by atoms with Crippen molar-refractivity contribution in [2.45, 2.75) is 44.1 Å². The molecular weight excluding hydrogens is 317 g/mol. The van der Waals surface area contributed by atoms with Gasteiger partial charge in [-0.3, -0.25) is 0 Å². The summed E-state index contributed by atoms with van der Waals surface area (Å²) in [4.78, 5) is 13.6. The SMILES string of the molecule is CCCCNCC1OC([n+]2cc(F)c(N)[nH]c2=O)C(F)(F)C1O. The number of aliphatic hydroxyl groups excluding tert-OH is 1. The van der Waals surface area contributed by atoms with Gasteiger partial charge in [0, 0.05) is 6.54 Å². The minimum absolute atomic E-state index is 0.0107. The molecule has 2 rings (SSSR count). The minimum atomic E-state index is -3.75. The molecule has 5 N–H and O–H groups in total. The Kier molecular flexibility index (Phi) is 5.27. The molecule has 0 spiro atoms. The van der Waals surface area contributed by atoms with Crippen LogP contribution < -0.4 is 21.3 Å². The first-order chi connectivity index (χ1) is 10.8. The maximum atomic E-state index is 14.2. The second kappa shape index (κ2) is 6.85. The molecule has 0 bridgehead atoms. The molecule has 3 atom stereocenters. The van der Waals surface area contributed by atoms with E-state index in [4.69, 9.17) is 10.5 Å². The van der Waals surface area contributed by atoms with Crippen LogP contribution in [0.3, 0.4) is 0 Å². The lowest BCUT2D eigenvalue weighted by molar-refractivity contribution is -0.790. The summed E-state index contributed by atoms with van der Waals surface area (Å²) < 4.78 is 47.3. The minimum Gasteiger partial charge on any atom is -0.384 e. The van der Waals surface area contributed by atoms with Crippen molar-refractivity contribution in [3.63, 3.8) is 0 Å². The van der Waals surface area contributed by atoms with Gasteiger partial charge in [0.1, 0.15) is 12.3 Å². The van der Waals surface area contributed by atoms with E-state index in [1.54, 1.807) is 0 Å². The molecule has 0 radical (unpaired) electrons. The maximum Gasteiger partial charge on any atom is 0.499 e. The Balaban J connectivity index is 2.19. The average Bonchev–Trinajstić information content (AvgIpc) is 2.71. The van der Waals surface area contributed by atoms with Crippen molar-refractivity contribution >= 4 is 5.82 Å². The van der Waals surface area contributed by atoms with Gasteiger partial charge in [-0.25, -0.2) is 0 Å². The number of rotatable bonds is 6. The number of alkyl halides is 2. The predicted molar refractivity (Wildman–Crippen MR) is 74.3 cm³/mol. The third kappa shape index (κ3) is 3.48. The first-order valence-corrected chi connectivity index (χ1v) is 7.30. The molecule has 0 aromatic carbocycles. The number of unbranched alkanes of at least 4 members (excludes halogenated alkanes) is 1. The van der Waals surface area contributed by atoms with E-state index in [-0.39, 0.29) is 6.54 Å². The van der Waals surface area contributed by atoms with Crippen LogP contribution in [0, 0.1) is 5.82 Å². The number of H-pyrrole nitrogens is 1. The van der Waals surface area contributed by atoms with Crippen LogP contribution in [-0.2, 0) is 4.74 Å². The Morgan fingerprint density at radius 1 is 1.57 bits per heavy atom. The Hall–Kier alpha value is -1.65. The topological polar surface area (TPSA) is 104 Å². The van der Waals surface area contributed by atoms with E-state index in [0.29, 0.717) is 17.3 Å². The molecule has 23 heavy (non-hydrogen) atoms. The highest BCUT2D eigenvalue weighted by Gasteiger charge is 2.62. The first kappa shape index (κ1) is 17.7. The average molecular weight is 337 g/mol. The molecule has 10 heteroatoms. The number of hydrogen-bond donors (Lipinski definition) is 4. The highest BCUT2D eigenvalue weighted by atomic mass is 19.3. The lowest BCUT2D eigenvalue weighted by atomic mass is 10.1. The van der Waals surface area contributed by atoms with Gasteiger partial charge < -0.3 is 20.9 Å². The van der Waals surface area contributed by atoms with E-state index in [1.165, 1.54) is 0 Å². The molecule has 0 aliphatic carbocycles. The van der Waals surface area contributed by atoms with Gasteiger partial charge in [0.15, 0.2) is 6.10 Å². The van der Waals surface area contributed by atoms with Crippen molar-refractivity contribution in [3.05, 3.63) is 22.5 Å². The molecule has 2 heterocycles. The molecule has 3 unspecified atom stereocenters. The van der Waals surface area contributed by atoms with E-state index in [1.807, 2.05) is 11.9 Å². The molecule has 1 aromatic rings. The van der Waals surface area contributed by atoms with Gasteiger partial charge in [-0.05, 0) is 13.0 Å². The third-order valence-electron chi connectivity index (χ3n) is 3.67. The van der Waals surface area contributed by atoms with E-state index >= 15 is 0 Å². The molecule has 1 aliphatic rings. The molecular formula is C13H20F3N4O3+. The van der Waals surface area contributed by atoms with E-state index in [9.17, 15) is 23.1 Å². The normalized spacial score (nSPS) is 26.6. The Morgan fingerprint density at radius 3 is 2.91 bits per heavy atom. The number of aromatic amines is 1. The molecule has 130 valence electrons. The predicted octanol–water partition coefficient (Wildman–Crippen LogP) is -0.333. The van der Waals surface area contributed by atoms with Gasteiger partial charge in [-0.2, -0.15) is 27.5 Å². The van der Waals surface area contributed by atoms with Gasteiger partial charge in [-0.1, -0.05) is 13.3 Å². The molecule has 1 saturated heterocycles. The number of halogens is 3. The molecule has 1 aromatic heterocycles. The maximum absolute atomic E-state index is 14.2. The van der Waals surface area contributed by atoms with Crippen molar-refractivity contribution in [2.75, 3.05) is 18.8 Å². The first-order valence-electron chi connectivity index (χ1n) is 7.30. The Bertz CT molecular complexity index is 611. The number of anilines is 1. The number of ether oxygens (including phenoxy) is 1. The van der Waals surface area contributed by atoms with Crippen molar-refractivity contribution in [1.82, 2.24) is 10.3 Å². The zero-order valence-corrected chi connectivity index (χ0v) is 12.6. The summed E-state index contributed by atoms with van der Waals surface area (Å²) in [5.74, 6) is -5.38. The number of aliphatic hydroxyl groups is 1. The second-order valence-corrected chi connectivity index (χ2v) is 5.43. The Morgan fingerprint density at radius 2 is 2.26 bits per heavy atom. The van der Waals surface area contributed by atoms with Crippen LogP contribution in [0.15, 0.2) is 11.0 Å². The fraction of sp³-hybridized carbons (Fsp3) is 0.692. The fourth-order valence-electron chi connectivity index (χ4n) is 2.35. The number of nitrogens with two attached hydrogens (primary N) is 1. The summed E-state index contributed by atoms with van der Waals surface area (Å²) in [7, 11) is 0. The summed E-state index contributed by atoms with van der Waals surface area (Å²) in [5, 5.41) is 12.7. The number of nitrogens with one attached hydrogen (secondary N) is 2. The van der Waals surface area contributed by atoms with Crippen LogP contribution in [-0.4, -0.2) is 41.3 Å². The smallest absolute Gasteiger partial charge is 0.384 e. The van der Waals surface area contributed by atoms with Crippen LogP contribution in [0.25, 0.3) is 0 Å².